The van der Waals surface area contributed by atoms with Crippen molar-refractivity contribution in [3.8, 4) is 11.5 Å². The van der Waals surface area contributed by atoms with E-state index in [1.807, 2.05) is 69.3 Å². The van der Waals surface area contributed by atoms with Crippen molar-refractivity contribution in [2.75, 3.05) is 0 Å². The number of rotatable bonds is 1. The monoisotopic (exact) mass is 699 g/mol. The molecular weight excluding hydrogens is 683 g/mol. The average Bonchev–Trinajstić information content (AvgIpc) is 2.60. The molecule has 3 aromatic carbocycles. The van der Waals surface area contributed by atoms with Crippen LogP contribution in [0.4, 0.5) is 0 Å². The minimum atomic E-state index is -1.29. The molecule has 0 unspecified atom stereocenters. The first-order valence-corrected chi connectivity index (χ1v) is 9.98. The topological polar surface area (TPSA) is 29.5 Å². The van der Waals surface area contributed by atoms with E-state index in [1.54, 1.807) is 0 Å². The molecule has 135 valence electrons. The van der Waals surface area contributed by atoms with E-state index < -0.39 is 5.60 Å². The maximum Gasteiger partial charge on any atom is 0.147 e. The molecular formula is C22H18AcBr2O2. The molecule has 1 aliphatic heterocycles. The van der Waals surface area contributed by atoms with Crippen LogP contribution in [0, 0.1) is 64.8 Å². The van der Waals surface area contributed by atoms with Gasteiger partial charge < -0.3 is 9.84 Å². The van der Waals surface area contributed by atoms with Crippen LogP contribution < -0.4 is 4.74 Å². The third-order valence-electron chi connectivity index (χ3n) is 4.99. The molecule has 1 N–H and O–H groups in total. The Bertz CT molecular complexity index is 972. The van der Waals surface area contributed by atoms with E-state index in [0.29, 0.717) is 11.5 Å². The van der Waals surface area contributed by atoms with E-state index in [0.717, 1.165) is 42.3 Å². The zero-order valence-electron chi connectivity index (χ0n) is 15.3. The van der Waals surface area contributed by atoms with Gasteiger partial charge in [0, 0.05) is 64.1 Å². The fourth-order valence-corrected chi connectivity index (χ4v) is 4.10. The molecule has 1 heterocycles. The van der Waals surface area contributed by atoms with Gasteiger partial charge >= 0.3 is 0 Å². The average molecular weight is 701 g/mol. The molecule has 0 amide bonds. The summed E-state index contributed by atoms with van der Waals surface area (Å²) in [4.78, 5) is 0. The van der Waals surface area contributed by atoms with E-state index in [4.69, 9.17) is 4.74 Å². The first-order chi connectivity index (χ1) is 12.3. The van der Waals surface area contributed by atoms with E-state index in [9.17, 15) is 5.11 Å². The van der Waals surface area contributed by atoms with E-state index in [1.165, 1.54) is 0 Å². The number of halogens is 2. The van der Waals surface area contributed by atoms with Crippen LogP contribution in [0.1, 0.15) is 33.4 Å². The van der Waals surface area contributed by atoms with Gasteiger partial charge in [-0.05, 0) is 61.7 Å². The van der Waals surface area contributed by atoms with E-state index in [-0.39, 0.29) is 44.1 Å². The molecule has 0 aliphatic carbocycles. The number of benzene rings is 3. The Balaban J connectivity index is 0.00000210. The van der Waals surface area contributed by atoms with Crippen molar-refractivity contribution in [2.45, 2.75) is 26.4 Å². The Morgan fingerprint density at radius 2 is 1.22 bits per heavy atom. The van der Waals surface area contributed by atoms with Crippen molar-refractivity contribution in [1.82, 2.24) is 0 Å². The number of fused-ring (bicyclic) bond motifs is 2. The smallest absolute Gasteiger partial charge is 0.147 e. The minimum Gasteiger partial charge on any atom is -0.456 e. The molecule has 0 saturated heterocycles. The molecule has 0 bridgehead atoms. The summed E-state index contributed by atoms with van der Waals surface area (Å²) >= 11 is 7.20. The summed E-state index contributed by atoms with van der Waals surface area (Å²) < 4.78 is 8.08. The van der Waals surface area contributed by atoms with Gasteiger partial charge in [0.1, 0.15) is 17.1 Å². The molecule has 5 heteroatoms. The first-order valence-electron chi connectivity index (χ1n) is 8.39. The third-order valence-corrected chi connectivity index (χ3v) is 6.70. The molecule has 27 heavy (non-hydrogen) atoms. The Morgan fingerprint density at radius 3 is 1.67 bits per heavy atom. The Kier molecular flexibility index (Phi) is 6.31. The van der Waals surface area contributed by atoms with Crippen LogP contribution >= 0.6 is 31.9 Å². The summed E-state index contributed by atoms with van der Waals surface area (Å²) in [5, 5.41) is 12.0. The first kappa shape index (κ1) is 21.5. The zero-order chi connectivity index (χ0) is 18.6. The molecule has 1 aliphatic rings. The fraction of sp³-hybridized carbons (Fsp3) is 0.182. The van der Waals surface area contributed by atoms with Crippen LogP contribution in [-0.4, -0.2) is 5.11 Å². The third kappa shape index (κ3) is 3.60. The maximum atomic E-state index is 12.0. The van der Waals surface area contributed by atoms with Gasteiger partial charge in [0.2, 0.25) is 0 Å². The molecule has 0 aromatic heterocycles. The predicted octanol–water partition coefficient (Wildman–Crippen LogP) is 6.53. The standard InChI is InChI=1S/C22H18Br2O2.Ac/c1-12-4-6-15(7-5-12)22(25)16-10-18(23)13(2)8-20(16)26-21-9-14(3)19(24)11-17(21)22;/h4-11,25H,1-3H3;. The van der Waals surface area contributed by atoms with Crippen molar-refractivity contribution in [1.29, 1.82) is 0 Å². The van der Waals surface area contributed by atoms with E-state index in [2.05, 4.69) is 31.9 Å². The van der Waals surface area contributed by atoms with Crippen LogP contribution in [0.15, 0.2) is 57.5 Å². The van der Waals surface area contributed by atoms with Gasteiger partial charge in [0.15, 0.2) is 0 Å². The second-order valence-corrected chi connectivity index (χ2v) is 8.58. The summed E-state index contributed by atoms with van der Waals surface area (Å²) in [6.07, 6.45) is 0. The number of ether oxygens (including phenoxy) is 1. The quantitative estimate of drug-likeness (QED) is 0.313. The van der Waals surface area contributed by atoms with E-state index >= 15 is 0 Å². The summed E-state index contributed by atoms with van der Waals surface area (Å²) in [5.41, 5.74) is 4.28. The molecule has 3 aromatic rings. The molecule has 2 nitrogen and oxygen atoms in total. The second kappa shape index (κ2) is 7.92. The SMILES string of the molecule is Cc1ccc(C2(O)c3cc(Br)c(C)cc3Oc3cc(C)c(Br)cc32)cc1.[Ac]. The zero-order valence-corrected chi connectivity index (χ0v) is 23.2. The van der Waals surface area contributed by atoms with Crippen molar-refractivity contribution >= 4 is 31.9 Å². The van der Waals surface area contributed by atoms with Crippen LogP contribution in [0.5, 0.6) is 11.5 Å². The Morgan fingerprint density at radius 1 is 0.778 bits per heavy atom. The van der Waals surface area contributed by atoms with Gasteiger partial charge in [-0.15, -0.1) is 0 Å². The van der Waals surface area contributed by atoms with Crippen molar-refractivity contribution < 1.29 is 53.9 Å². The van der Waals surface area contributed by atoms with Gasteiger partial charge in [-0.3, -0.25) is 0 Å². The summed E-state index contributed by atoms with van der Waals surface area (Å²) in [7, 11) is 0. The van der Waals surface area contributed by atoms with Crippen LogP contribution in [0.25, 0.3) is 0 Å². The maximum absolute atomic E-state index is 12.0. The van der Waals surface area contributed by atoms with Crippen LogP contribution in [-0.2, 0) is 5.60 Å². The van der Waals surface area contributed by atoms with Gasteiger partial charge in [0.05, 0.1) is 0 Å². The van der Waals surface area contributed by atoms with Gasteiger partial charge in [-0.25, -0.2) is 0 Å². The van der Waals surface area contributed by atoms with Crippen LogP contribution in [0.2, 0.25) is 0 Å². The van der Waals surface area contributed by atoms with Crippen LogP contribution in [0.3, 0.4) is 0 Å². The summed E-state index contributed by atoms with van der Waals surface area (Å²) in [6.45, 7) is 6.07. The Hall–Kier alpha value is -0.178. The molecule has 0 atom stereocenters. The number of aliphatic hydroxyl groups is 1. The van der Waals surface area contributed by atoms with Crippen molar-refractivity contribution in [3.05, 3.63) is 90.9 Å². The number of hydrogen-bond donors (Lipinski definition) is 1. The summed E-state index contributed by atoms with van der Waals surface area (Å²) in [6, 6.07) is 15.9. The molecule has 4 rings (SSSR count). The second-order valence-electron chi connectivity index (χ2n) is 6.87. The molecule has 0 fully saturated rings. The van der Waals surface area contributed by atoms with Crippen molar-refractivity contribution in [2.24, 2.45) is 0 Å². The Labute approximate surface area is 212 Å². The number of aryl methyl sites for hydroxylation is 3. The molecule has 1 radical (unpaired) electrons. The normalized spacial score (nSPS) is 13.9. The predicted molar refractivity (Wildman–Crippen MR) is 111 cm³/mol. The minimum absolute atomic E-state index is 0. The number of hydrogen-bond acceptors (Lipinski definition) is 2. The molecule has 0 spiro atoms. The van der Waals surface area contributed by atoms with Gasteiger partial charge in [-0.2, -0.15) is 0 Å². The summed E-state index contributed by atoms with van der Waals surface area (Å²) in [5.74, 6) is 1.37. The van der Waals surface area contributed by atoms with Gasteiger partial charge in [0.25, 0.3) is 0 Å². The fourth-order valence-electron chi connectivity index (χ4n) is 3.41. The molecule has 0 saturated carbocycles. The van der Waals surface area contributed by atoms with Gasteiger partial charge in [-0.1, -0.05) is 61.7 Å². The van der Waals surface area contributed by atoms with Crippen molar-refractivity contribution in [3.63, 3.8) is 0 Å². The largest absolute Gasteiger partial charge is 0.456 e.